The number of nitrogens with one attached hydrogen (secondary N) is 2. The average molecular weight is 324 g/mol. The fraction of sp³-hybridized carbons (Fsp3) is 0.421. The van der Waals surface area contributed by atoms with E-state index in [2.05, 4.69) is 20.6 Å². The Kier molecular flexibility index (Phi) is 5.41. The highest BCUT2D eigenvalue weighted by atomic mass is 16.1. The summed E-state index contributed by atoms with van der Waals surface area (Å²) in [6, 6.07) is 11.8. The number of amides is 1. The van der Waals surface area contributed by atoms with Crippen LogP contribution < -0.4 is 10.6 Å². The third-order valence-electron chi connectivity index (χ3n) is 4.31. The molecule has 5 nitrogen and oxygen atoms in total. The summed E-state index contributed by atoms with van der Waals surface area (Å²) < 4.78 is 0. The van der Waals surface area contributed by atoms with Gasteiger partial charge in [-0.3, -0.25) is 4.79 Å². The Bertz CT molecular complexity index is 679. The summed E-state index contributed by atoms with van der Waals surface area (Å²) in [5, 5.41) is 6.36. The van der Waals surface area contributed by atoms with E-state index < -0.39 is 0 Å². The smallest absolute Gasteiger partial charge is 0.270 e. The van der Waals surface area contributed by atoms with Crippen LogP contribution in [-0.4, -0.2) is 21.9 Å². The number of rotatable bonds is 4. The summed E-state index contributed by atoms with van der Waals surface area (Å²) in [6.07, 6.45) is 7.03. The predicted molar refractivity (Wildman–Crippen MR) is 95.4 cm³/mol. The summed E-state index contributed by atoms with van der Waals surface area (Å²) in [7, 11) is 0. The molecule has 24 heavy (non-hydrogen) atoms. The van der Waals surface area contributed by atoms with E-state index >= 15 is 0 Å². The zero-order valence-electron chi connectivity index (χ0n) is 14.1. The lowest BCUT2D eigenvalue weighted by Crippen LogP contribution is -2.35. The molecule has 1 saturated carbocycles. The van der Waals surface area contributed by atoms with Crippen molar-refractivity contribution in [1.29, 1.82) is 0 Å². The van der Waals surface area contributed by atoms with Gasteiger partial charge >= 0.3 is 0 Å². The van der Waals surface area contributed by atoms with E-state index in [1.807, 2.05) is 30.3 Å². The van der Waals surface area contributed by atoms with Crippen LogP contribution in [0.3, 0.4) is 0 Å². The van der Waals surface area contributed by atoms with E-state index in [1.165, 1.54) is 25.7 Å². The van der Waals surface area contributed by atoms with Crippen molar-refractivity contribution in [2.75, 3.05) is 5.32 Å². The van der Waals surface area contributed by atoms with Gasteiger partial charge in [0.25, 0.3) is 5.91 Å². The van der Waals surface area contributed by atoms with Crippen LogP contribution in [0.1, 0.15) is 54.8 Å². The number of aromatic nitrogens is 2. The molecule has 1 aromatic carbocycles. The Labute approximate surface area is 142 Å². The largest absolute Gasteiger partial charge is 0.348 e. The van der Waals surface area contributed by atoms with Crippen LogP contribution in [0.5, 0.6) is 0 Å². The SMILES string of the molecule is Cc1nc(Nc2ccccc2)cc(C(=O)NC2CCCCCC2)n1. The molecule has 1 amide bonds. The Morgan fingerprint density at radius 2 is 1.75 bits per heavy atom. The molecule has 3 rings (SSSR count). The Morgan fingerprint density at radius 3 is 2.46 bits per heavy atom. The zero-order chi connectivity index (χ0) is 16.8. The summed E-state index contributed by atoms with van der Waals surface area (Å²) in [6.45, 7) is 1.80. The van der Waals surface area contributed by atoms with Crippen molar-refractivity contribution in [3.63, 3.8) is 0 Å². The standard InChI is InChI=1S/C19H24N4O/c1-14-20-17(19(24)23-16-11-5-2-3-6-12-16)13-18(21-14)22-15-9-7-4-8-10-15/h4,7-10,13,16H,2-3,5-6,11-12H2,1H3,(H,23,24)(H,20,21,22). The summed E-state index contributed by atoms with van der Waals surface area (Å²) in [5.41, 5.74) is 1.36. The van der Waals surface area contributed by atoms with Gasteiger partial charge in [0.15, 0.2) is 0 Å². The minimum Gasteiger partial charge on any atom is -0.348 e. The lowest BCUT2D eigenvalue weighted by molar-refractivity contribution is 0.0928. The van der Waals surface area contributed by atoms with Gasteiger partial charge in [0.05, 0.1) is 0 Å². The first-order valence-corrected chi connectivity index (χ1v) is 8.69. The number of hydrogen-bond donors (Lipinski definition) is 2. The van der Waals surface area contributed by atoms with Crippen molar-refractivity contribution in [2.45, 2.75) is 51.5 Å². The number of aryl methyl sites for hydroxylation is 1. The molecule has 5 heteroatoms. The molecule has 0 radical (unpaired) electrons. The van der Waals surface area contributed by atoms with E-state index in [0.29, 0.717) is 17.3 Å². The van der Waals surface area contributed by atoms with Gasteiger partial charge in [-0.25, -0.2) is 9.97 Å². The van der Waals surface area contributed by atoms with Gasteiger partial charge < -0.3 is 10.6 Å². The van der Waals surface area contributed by atoms with Crippen LogP contribution in [0, 0.1) is 6.92 Å². The topological polar surface area (TPSA) is 66.9 Å². The molecule has 1 fully saturated rings. The molecule has 1 aromatic heterocycles. The normalized spacial score (nSPS) is 15.5. The number of para-hydroxylation sites is 1. The highest BCUT2D eigenvalue weighted by Gasteiger charge is 2.17. The highest BCUT2D eigenvalue weighted by molar-refractivity contribution is 5.93. The number of anilines is 2. The second-order valence-corrected chi connectivity index (χ2v) is 6.34. The van der Waals surface area contributed by atoms with Gasteiger partial charge in [0.1, 0.15) is 17.3 Å². The van der Waals surface area contributed by atoms with Crippen LogP contribution in [0.4, 0.5) is 11.5 Å². The van der Waals surface area contributed by atoms with E-state index in [-0.39, 0.29) is 11.9 Å². The van der Waals surface area contributed by atoms with Crippen molar-refractivity contribution in [3.8, 4) is 0 Å². The van der Waals surface area contributed by atoms with Crippen LogP contribution in [-0.2, 0) is 0 Å². The predicted octanol–water partition coefficient (Wildman–Crippen LogP) is 3.98. The number of carbonyl (C=O) groups is 1. The molecule has 1 aliphatic carbocycles. The van der Waals surface area contributed by atoms with E-state index in [1.54, 1.807) is 13.0 Å². The zero-order valence-corrected chi connectivity index (χ0v) is 14.1. The first-order chi connectivity index (χ1) is 11.7. The molecule has 0 saturated heterocycles. The fourth-order valence-corrected chi connectivity index (χ4v) is 3.10. The van der Waals surface area contributed by atoms with Gasteiger partial charge in [0, 0.05) is 17.8 Å². The molecule has 2 aromatic rings. The molecule has 126 valence electrons. The molecule has 1 heterocycles. The molecular weight excluding hydrogens is 300 g/mol. The van der Waals surface area contributed by atoms with E-state index in [4.69, 9.17) is 0 Å². The first-order valence-electron chi connectivity index (χ1n) is 8.69. The number of nitrogens with zero attached hydrogens (tertiary/aromatic N) is 2. The molecule has 1 aliphatic rings. The van der Waals surface area contributed by atoms with Crippen molar-refractivity contribution < 1.29 is 4.79 Å². The minimum absolute atomic E-state index is 0.108. The fourth-order valence-electron chi connectivity index (χ4n) is 3.10. The van der Waals surface area contributed by atoms with Crippen LogP contribution in [0.25, 0.3) is 0 Å². The van der Waals surface area contributed by atoms with Crippen molar-refractivity contribution in [3.05, 3.63) is 47.9 Å². The maximum atomic E-state index is 12.6. The second-order valence-electron chi connectivity index (χ2n) is 6.34. The van der Waals surface area contributed by atoms with Gasteiger partial charge in [0.2, 0.25) is 0 Å². The van der Waals surface area contributed by atoms with Crippen LogP contribution in [0.2, 0.25) is 0 Å². The van der Waals surface area contributed by atoms with Gasteiger partial charge in [-0.05, 0) is 31.9 Å². The summed E-state index contributed by atoms with van der Waals surface area (Å²) >= 11 is 0. The summed E-state index contributed by atoms with van der Waals surface area (Å²) in [4.78, 5) is 21.2. The lowest BCUT2D eigenvalue weighted by atomic mass is 10.1. The van der Waals surface area contributed by atoms with Crippen molar-refractivity contribution >= 4 is 17.4 Å². The monoisotopic (exact) mass is 324 g/mol. The molecule has 0 atom stereocenters. The van der Waals surface area contributed by atoms with Crippen molar-refractivity contribution in [2.24, 2.45) is 0 Å². The molecule has 0 unspecified atom stereocenters. The van der Waals surface area contributed by atoms with Crippen LogP contribution >= 0.6 is 0 Å². The Hall–Kier alpha value is -2.43. The van der Waals surface area contributed by atoms with Crippen molar-refractivity contribution in [1.82, 2.24) is 15.3 Å². The third-order valence-corrected chi connectivity index (χ3v) is 4.31. The average Bonchev–Trinajstić information content (AvgIpc) is 2.84. The van der Waals surface area contributed by atoms with E-state index in [9.17, 15) is 4.79 Å². The maximum absolute atomic E-state index is 12.6. The number of carbonyl (C=O) groups excluding carboxylic acids is 1. The Balaban J connectivity index is 1.71. The molecular formula is C19H24N4O. The lowest BCUT2D eigenvalue weighted by Gasteiger charge is -2.16. The number of benzene rings is 1. The summed E-state index contributed by atoms with van der Waals surface area (Å²) in [5.74, 6) is 1.12. The first kappa shape index (κ1) is 16.4. The minimum atomic E-state index is -0.108. The second kappa shape index (κ2) is 7.90. The van der Waals surface area contributed by atoms with E-state index in [0.717, 1.165) is 18.5 Å². The molecule has 0 bridgehead atoms. The van der Waals surface area contributed by atoms with Gasteiger partial charge in [-0.1, -0.05) is 43.9 Å². The molecule has 2 N–H and O–H groups in total. The number of hydrogen-bond acceptors (Lipinski definition) is 4. The molecule has 0 spiro atoms. The maximum Gasteiger partial charge on any atom is 0.270 e. The van der Waals surface area contributed by atoms with Crippen LogP contribution in [0.15, 0.2) is 36.4 Å². The van der Waals surface area contributed by atoms with Gasteiger partial charge in [-0.2, -0.15) is 0 Å². The quantitative estimate of drug-likeness (QED) is 0.835. The Morgan fingerprint density at radius 1 is 1.04 bits per heavy atom. The van der Waals surface area contributed by atoms with Gasteiger partial charge in [-0.15, -0.1) is 0 Å². The molecule has 0 aliphatic heterocycles. The third kappa shape index (κ3) is 4.54. The highest BCUT2D eigenvalue weighted by Crippen LogP contribution is 2.18.